The molecule has 1 amide bonds. The number of rotatable bonds is 7. The predicted molar refractivity (Wildman–Crippen MR) is 120 cm³/mol. The first-order valence-corrected chi connectivity index (χ1v) is 12.2. The van der Waals surface area contributed by atoms with Crippen LogP contribution in [0.2, 0.25) is 0 Å². The summed E-state index contributed by atoms with van der Waals surface area (Å²) in [4.78, 5) is 24.4. The van der Waals surface area contributed by atoms with Crippen molar-refractivity contribution in [2.75, 3.05) is 0 Å². The van der Waals surface area contributed by atoms with E-state index in [4.69, 9.17) is 5.11 Å². The molecular weight excluding hydrogens is 490 g/mol. The number of alkyl halides is 6. The molecule has 0 heterocycles. The molecule has 2 aliphatic rings. The predicted octanol–water partition coefficient (Wildman–Crippen LogP) is 5.77. The highest BCUT2D eigenvalue weighted by Crippen LogP contribution is 2.45. The van der Waals surface area contributed by atoms with Gasteiger partial charge in [0.2, 0.25) is 5.91 Å². The zero-order chi connectivity index (χ0) is 26.9. The zero-order valence-corrected chi connectivity index (χ0v) is 20.2. The van der Waals surface area contributed by atoms with Crippen LogP contribution in [-0.4, -0.2) is 29.1 Å². The van der Waals surface area contributed by atoms with Gasteiger partial charge in [0.15, 0.2) is 0 Å². The van der Waals surface area contributed by atoms with E-state index >= 15 is 0 Å². The maximum Gasteiger partial charge on any atom is 0.416 e. The minimum Gasteiger partial charge on any atom is -0.481 e. The number of hydrogen-bond acceptors (Lipinski definition) is 3. The van der Waals surface area contributed by atoms with E-state index in [0.717, 1.165) is 12.8 Å². The van der Waals surface area contributed by atoms with Gasteiger partial charge in [-0.15, -0.1) is 0 Å². The van der Waals surface area contributed by atoms with Crippen molar-refractivity contribution >= 4 is 11.9 Å². The molecule has 2 aliphatic carbocycles. The lowest BCUT2D eigenvalue weighted by Gasteiger charge is -2.34. The highest BCUT2D eigenvalue weighted by molar-refractivity contribution is 5.83. The summed E-state index contributed by atoms with van der Waals surface area (Å²) in [6.07, 6.45) is -5.54. The summed E-state index contributed by atoms with van der Waals surface area (Å²) in [6, 6.07) is 1.50. The van der Waals surface area contributed by atoms with Gasteiger partial charge in [0.05, 0.1) is 22.5 Å². The molecule has 11 heteroatoms. The summed E-state index contributed by atoms with van der Waals surface area (Å²) >= 11 is 0. The lowest BCUT2D eigenvalue weighted by atomic mass is 9.74. The van der Waals surface area contributed by atoms with Gasteiger partial charge in [-0.25, -0.2) is 0 Å². The van der Waals surface area contributed by atoms with E-state index < -0.39 is 41.4 Å². The van der Waals surface area contributed by atoms with Gasteiger partial charge in [-0.3, -0.25) is 9.59 Å². The Morgan fingerprint density at radius 3 is 1.97 bits per heavy atom. The highest BCUT2D eigenvalue weighted by atomic mass is 19.4. The molecule has 0 bridgehead atoms. The Hall–Kier alpha value is -2.30. The average Bonchev–Trinajstić information content (AvgIpc) is 3.21. The molecule has 2 saturated carbocycles. The molecule has 5 nitrogen and oxygen atoms in total. The van der Waals surface area contributed by atoms with E-state index in [1.54, 1.807) is 0 Å². The molecule has 0 unspecified atom stereocenters. The van der Waals surface area contributed by atoms with Crippen LogP contribution in [0.25, 0.3) is 0 Å². The van der Waals surface area contributed by atoms with Crippen LogP contribution in [0.15, 0.2) is 18.2 Å². The summed E-state index contributed by atoms with van der Waals surface area (Å²) in [5, 5.41) is 15.3. The van der Waals surface area contributed by atoms with Crippen molar-refractivity contribution in [2.24, 2.45) is 17.3 Å². The van der Waals surface area contributed by atoms with Crippen molar-refractivity contribution in [3.8, 4) is 0 Å². The Balaban J connectivity index is 1.67. The zero-order valence-electron chi connectivity index (χ0n) is 20.2. The maximum absolute atomic E-state index is 13.3. The van der Waals surface area contributed by atoms with E-state index in [2.05, 4.69) is 10.6 Å². The van der Waals surface area contributed by atoms with E-state index in [1.807, 2.05) is 13.8 Å². The van der Waals surface area contributed by atoms with Gasteiger partial charge in [0.1, 0.15) is 0 Å². The van der Waals surface area contributed by atoms with Gasteiger partial charge in [0.25, 0.3) is 0 Å². The van der Waals surface area contributed by atoms with E-state index in [0.29, 0.717) is 44.2 Å². The maximum atomic E-state index is 13.3. The molecule has 3 N–H and O–H groups in total. The normalized spacial score (nSPS) is 27.3. The fourth-order valence-corrected chi connectivity index (χ4v) is 5.53. The van der Waals surface area contributed by atoms with Crippen LogP contribution in [0.3, 0.4) is 0 Å². The summed E-state index contributed by atoms with van der Waals surface area (Å²) in [7, 11) is 0. The molecule has 0 aliphatic heterocycles. The molecule has 0 saturated heterocycles. The molecule has 2 fully saturated rings. The number of carbonyl (C=O) groups is 2. The fraction of sp³-hybridized carbons (Fsp3) is 0.680. The largest absolute Gasteiger partial charge is 0.481 e. The quantitative estimate of drug-likeness (QED) is 0.398. The molecule has 2 atom stereocenters. The van der Waals surface area contributed by atoms with Gasteiger partial charge in [0, 0.05) is 18.6 Å². The van der Waals surface area contributed by atoms with Crippen LogP contribution < -0.4 is 10.6 Å². The van der Waals surface area contributed by atoms with Gasteiger partial charge >= 0.3 is 18.3 Å². The van der Waals surface area contributed by atoms with E-state index in [1.165, 1.54) is 0 Å². The van der Waals surface area contributed by atoms with Crippen molar-refractivity contribution in [2.45, 2.75) is 89.8 Å². The molecule has 202 valence electrons. The number of benzene rings is 1. The summed E-state index contributed by atoms with van der Waals surface area (Å²) in [5.74, 6) is -1.60. The second-order valence-electron chi connectivity index (χ2n) is 10.4. The van der Waals surface area contributed by atoms with Crippen LogP contribution in [0.1, 0.15) is 75.5 Å². The van der Waals surface area contributed by atoms with Crippen LogP contribution in [0.5, 0.6) is 0 Å². The lowest BCUT2D eigenvalue weighted by molar-refractivity contribution is -0.144. The molecule has 0 radical (unpaired) electrons. The van der Waals surface area contributed by atoms with Crippen molar-refractivity contribution in [1.82, 2.24) is 10.6 Å². The first-order valence-electron chi connectivity index (χ1n) is 12.2. The Bertz CT molecular complexity index is 922. The van der Waals surface area contributed by atoms with Gasteiger partial charge in [-0.05, 0) is 74.6 Å². The van der Waals surface area contributed by atoms with Gasteiger partial charge in [-0.1, -0.05) is 13.8 Å². The number of halogens is 6. The topological polar surface area (TPSA) is 78.4 Å². The number of nitrogens with one attached hydrogen (secondary N) is 2. The van der Waals surface area contributed by atoms with Crippen molar-refractivity contribution in [3.63, 3.8) is 0 Å². The minimum absolute atomic E-state index is 0.0231. The highest BCUT2D eigenvalue weighted by Gasteiger charge is 2.48. The van der Waals surface area contributed by atoms with Crippen molar-refractivity contribution in [3.05, 3.63) is 34.9 Å². The third kappa shape index (κ3) is 6.52. The van der Waals surface area contributed by atoms with Crippen LogP contribution >= 0.6 is 0 Å². The Kier molecular flexibility index (Phi) is 8.32. The standard InChI is InChI=1S/C25H32F6N2O3/c1-14(2)23(8-7-20(12-23)33-19-5-3-16(4-6-19)21(34)35)22(36)32-13-15-9-17(24(26,27)28)11-18(10-15)25(29,30)31/h9-11,14,16,19-20,33H,3-8,12-13H2,1-2H3,(H,32,36)(H,34,35)/t16?,19?,20-,23+/m1/s1. The second-order valence-corrected chi connectivity index (χ2v) is 10.4. The molecule has 3 rings (SSSR count). The second kappa shape index (κ2) is 10.6. The summed E-state index contributed by atoms with van der Waals surface area (Å²) in [6.45, 7) is 3.32. The molecule has 0 aromatic heterocycles. The molecule has 0 spiro atoms. The number of hydrogen-bond donors (Lipinski definition) is 3. The monoisotopic (exact) mass is 522 g/mol. The molecular formula is C25H32F6N2O3. The fourth-order valence-electron chi connectivity index (χ4n) is 5.53. The Morgan fingerprint density at radius 1 is 0.944 bits per heavy atom. The average molecular weight is 523 g/mol. The number of aliphatic carboxylic acids is 1. The first-order chi connectivity index (χ1) is 16.6. The van der Waals surface area contributed by atoms with E-state index in [-0.39, 0.29) is 41.5 Å². The lowest BCUT2D eigenvalue weighted by Crippen LogP contribution is -2.45. The summed E-state index contributed by atoms with van der Waals surface area (Å²) < 4.78 is 78.9. The third-order valence-corrected chi connectivity index (χ3v) is 7.76. The molecule has 36 heavy (non-hydrogen) atoms. The van der Waals surface area contributed by atoms with E-state index in [9.17, 15) is 35.9 Å². The van der Waals surface area contributed by atoms with Crippen molar-refractivity contribution < 1.29 is 41.0 Å². The van der Waals surface area contributed by atoms with Crippen LogP contribution in [-0.2, 0) is 28.5 Å². The van der Waals surface area contributed by atoms with Gasteiger partial charge in [-0.2, -0.15) is 26.3 Å². The van der Waals surface area contributed by atoms with Crippen LogP contribution in [0.4, 0.5) is 26.3 Å². The Labute approximate surface area is 206 Å². The SMILES string of the molecule is CC(C)[C@]1(C(=O)NCc2cc(C(F)(F)F)cc(C(F)(F)F)c2)CC[C@@H](NC2CCC(C(=O)O)CC2)C1. The number of carbonyl (C=O) groups excluding carboxylic acids is 1. The minimum atomic E-state index is -4.95. The third-order valence-electron chi connectivity index (χ3n) is 7.76. The van der Waals surface area contributed by atoms with Crippen molar-refractivity contribution in [1.29, 1.82) is 0 Å². The smallest absolute Gasteiger partial charge is 0.416 e. The van der Waals surface area contributed by atoms with Crippen LogP contribution in [0, 0.1) is 17.3 Å². The number of carboxylic acid groups (broad SMARTS) is 1. The number of amides is 1. The number of carboxylic acids is 1. The Morgan fingerprint density at radius 2 is 1.50 bits per heavy atom. The van der Waals surface area contributed by atoms with Gasteiger partial charge < -0.3 is 15.7 Å². The molecule has 1 aromatic carbocycles. The first kappa shape index (κ1) is 28.3. The molecule has 1 aromatic rings. The summed E-state index contributed by atoms with van der Waals surface area (Å²) in [5.41, 5.74) is -3.90.